The molecule has 4 nitrogen and oxygen atoms in total. The van der Waals surface area contributed by atoms with Crippen LogP contribution in [0.15, 0.2) is 48.5 Å². The summed E-state index contributed by atoms with van der Waals surface area (Å²) in [4.78, 5) is 17.2. The Labute approximate surface area is 173 Å². The third-order valence-electron chi connectivity index (χ3n) is 4.20. The minimum Gasteiger partial charge on any atom is -0.380 e. The maximum Gasteiger partial charge on any atom is 0.187 e. The number of benzene rings is 2. The molecule has 0 saturated heterocycles. The van der Waals surface area contributed by atoms with Gasteiger partial charge in [-0.2, -0.15) is 0 Å². The Hall–Kier alpha value is -2.24. The van der Waals surface area contributed by atoms with E-state index in [1.165, 1.54) is 6.08 Å². The van der Waals surface area contributed by atoms with E-state index >= 15 is 0 Å². The zero-order valence-electron chi connectivity index (χ0n) is 15.5. The molecule has 0 fully saturated rings. The highest BCUT2D eigenvalue weighted by atomic mass is 35.5. The van der Waals surface area contributed by atoms with E-state index in [1.807, 2.05) is 36.4 Å². The molecule has 6 heteroatoms. The van der Waals surface area contributed by atoms with E-state index in [0.29, 0.717) is 34.5 Å². The van der Waals surface area contributed by atoms with Crippen LogP contribution in [0.5, 0.6) is 0 Å². The fourth-order valence-electron chi connectivity index (χ4n) is 2.92. The maximum absolute atomic E-state index is 12.8. The number of carbonyl (C=O) groups is 1. The molecule has 1 heterocycles. The number of ketones is 1. The lowest BCUT2D eigenvalue weighted by Crippen LogP contribution is -2.03. The number of para-hydroxylation sites is 1. The van der Waals surface area contributed by atoms with Crippen LogP contribution in [0, 0.1) is 0 Å². The average Bonchev–Trinajstić information content (AvgIpc) is 2.68. The highest BCUT2D eigenvalue weighted by Gasteiger charge is 2.14. The minimum absolute atomic E-state index is 0.232. The van der Waals surface area contributed by atoms with Crippen LogP contribution in [0.1, 0.15) is 27.0 Å². The summed E-state index contributed by atoms with van der Waals surface area (Å²) in [5, 5.41) is 1.66. The summed E-state index contributed by atoms with van der Waals surface area (Å²) in [5.41, 5.74) is 3.44. The fraction of sp³-hybridized carbons (Fsp3) is 0.182. The van der Waals surface area contributed by atoms with E-state index in [1.54, 1.807) is 26.4 Å². The molecule has 1 aromatic heterocycles. The van der Waals surface area contributed by atoms with Crippen molar-refractivity contribution in [1.29, 1.82) is 0 Å². The number of hydrogen-bond acceptors (Lipinski definition) is 4. The molecular weight excluding hydrogens is 397 g/mol. The van der Waals surface area contributed by atoms with Crippen LogP contribution in [0.3, 0.4) is 0 Å². The molecule has 0 bridgehead atoms. The van der Waals surface area contributed by atoms with Crippen LogP contribution in [0.25, 0.3) is 17.0 Å². The lowest BCUT2D eigenvalue weighted by molar-refractivity contribution is 0.104. The number of halogens is 2. The van der Waals surface area contributed by atoms with Gasteiger partial charge in [-0.05, 0) is 47.5 Å². The van der Waals surface area contributed by atoms with E-state index < -0.39 is 0 Å². The van der Waals surface area contributed by atoms with Crippen molar-refractivity contribution >= 4 is 46.0 Å². The summed E-state index contributed by atoms with van der Waals surface area (Å²) in [6.45, 7) is 0.680. The molecule has 0 N–H and O–H groups in total. The number of allylic oxidation sites excluding steroid dienone is 1. The summed E-state index contributed by atoms with van der Waals surface area (Å²) < 4.78 is 10.4. The van der Waals surface area contributed by atoms with Gasteiger partial charge in [0.1, 0.15) is 5.15 Å². The van der Waals surface area contributed by atoms with Gasteiger partial charge >= 0.3 is 0 Å². The first-order chi connectivity index (χ1) is 13.5. The van der Waals surface area contributed by atoms with Gasteiger partial charge in [0, 0.05) is 30.7 Å². The van der Waals surface area contributed by atoms with Gasteiger partial charge in [0.2, 0.25) is 0 Å². The van der Waals surface area contributed by atoms with Crippen molar-refractivity contribution in [3.63, 3.8) is 0 Å². The molecule has 0 spiro atoms. The first kappa shape index (κ1) is 20.5. The van der Waals surface area contributed by atoms with Crippen LogP contribution in [-0.2, 0) is 22.7 Å². The predicted molar refractivity (Wildman–Crippen MR) is 113 cm³/mol. The number of carbonyl (C=O) groups excluding carboxylic acids is 1. The van der Waals surface area contributed by atoms with Gasteiger partial charge < -0.3 is 9.47 Å². The second-order valence-corrected chi connectivity index (χ2v) is 6.98. The average molecular weight is 416 g/mol. The normalized spacial score (nSPS) is 11.4. The first-order valence-electron chi connectivity index (χ1n) is 8.60. The van der Waals surface area contributed by atoms with Gasteiger partial charge in [-0.1, -0.05) is 41.4 Å². The number of hydrogen-bond donors (Lipinski definition) is 0. The molecule has 0 aliphatic rings. The lowest BCUT2D eigenvalue weighted by atomic mass is 10.0. The molecule has 3 rings (SSSR count). The van der Waals surface area contributed by atoms with Gasteiger partial charge in [0.25, 0.3) is 0 Å². The molecule has 0 aliphatic carbocycles. The molecule has 3 aromatic rings. The van der Waals surface area contributed by atoms with E-state index in [4.69, 9.17) is 32.7 Å². The summed E-state index contributed by atoms with van der Waals surface area (Å²) in [5.74, 6) is -0.232. The largest absolute Gasteiger partial charge is 0.380 e. The number of nitrogens with zero attached hydrogens (tertiary/aromatic N) is 1. The van der Waals surface area contributed by atoms with Gasteiger partial charge in [-0.25, -0.2) is 4.98 Å². The molecule has 144 valence electrons. The van der Waals surface area contributed by atoms with Gasteiger partial charge in [-0.15, -0.1) is 0 Å². The van der Waals surface area contributed by atoms with Crippen molar-refractivity contribution in [2.24, 2.45) is 0 Å². The number of ether oxygens (including phenoxy) is 2. The quantitative estimate of drug-likeness (QED) is 0.280. The molecule has 2 aromatic carbocycles. The van der Waals surface area contributed by atoms with Crippen LogP contribution in [0.2, 0.25) is 10.2 Å². The monoisotopic (exact) mass is 415 g/mol. The zero-order valence-corrected chi connectivity index (χ0v) is 17.1. The van der Waals surface area contributed by atoms with E-state index in [-0.39, 0.29) is 5.78 Å². The molecule has 0 amide bonds. The number of fused-ring (bicyclic) bond motifs is 1. The van der Waals surface area contributed by atoms with Crippen LogP contribution in [0.4, 0.5) is 0 Å². The second kappa shape index (κ2) is 9.30. The Morgan fingerprint density at radius 2 is 1.82 bits per heavy atom. The smallest absolute Gasteiger partial charge is 0.187 e. The van der Waals surface area contributed by atoms with Crippen molar-refractivity contribution in [2.45, 2.75) is 13.2 Å². The van der Waals surface area contributed by atoms with Crippen LogP contribution in [-0.4, -0.2) is 25.0 Å². The van der Waals surface area contributed by atoms with Gasteiger partial charge in [0.05, 0.1) is 23.8 Å². The topological polar surface area (TPSA) is 48.4 Å². The zero-order chi connectivity index (χ0) is 20.1. The van der Waals surface area contributed by atoms with Gasteiger partial charge in [-0.3, -0.25) is 4.79 Å². The molecule has 28 heavy (non-hydrogen) atoms. The highest BCUT2D eigenvalue weighted by Crippen LogP contribution is 2.27. The summed E-state index contributed by atoms with van der Waals surface area (Å²) in [7, 11) is 3.18. The van der Waals surface area contributed by atoms with Crippen LogP contribution < -0.4 is 0 Å². The third kappa shape index (κ3) is 4.59. The summed E-state index contributed by atoms with van der Waals surface area (Å²) in [6, 6.07) is 13.2. The van der Waals surface area contributed by atoms with Crippen molar-refractivity contribution in [3.05, 3.63) is 81.0 Å². The SMILES string of the molecule is COCc1cc(COC)c(Cl)c(C(=O)/C=C/c2cc3ccccc3nc2Cl)c1. The second-order valence-electron chi connectivity index (χ2n) is 6.24. The summed E-state index contributed by atoms with van der Waals surface area (Å²) in [6.07, 6.45) is 3.10. The van der Waals surface area contributed by atoms with E-state index in [2.05, 4.69) is 4.98 Å². The Morgan fingerprint density at radius 1 is 1.07 bits per heavy atom. The standard InChI is InChI=1S/C22H19Cl2NO3/c1-27-12-14-9-17(13-28-2)21(23)18(10-14)20(26)8-7-16-11-15-5-3-4-6-19(15)25-22(16)24/h3-11H,12-13H2,1-2H3/b8-7+. The Balaban J connectivity index is 1.95. The van der Waals surface area contributed by atoms with Crippen molar-refractivity contribution in [2.75, 3.05) is 14.2 Å². The van der Waals surface area contributed by atoms with Crippen molar-refractivity contribution < 1.29 is 14.3 Å². The lowest BCUT2D eigenvalue weighted by Gasteiger charge is -2.11. The van der Waals surface area contributed by atoms with Crippen molar-refractivity contribution in [3.8, 4) is 0 Å². The van der Waals surface area contributed by atoms with Gasteiger partial charge in [0.15, 0.2) is 5.78 Å². The minimum atomic E-state index is -0.232. The number of methoxy groups -OCH3 is 2. The highest BCUT2D eigenvalue weighted by molar-refractivity contribution is 6.35. The molecular formula is C22H19Cl2NO3. The molecule has 0 aliphatic heterocycles. The molecule has 0 unspecified atom stereocenters. The maximum atomic E-state index is 12.8. The molecule has 0 atom stereocenters. The van der Waals surface area contributed by atoms with E-state index in [9.17, 15) is 4.79 Å². The summed E-state index contributed by atoms with van der Waals surface area (Å²) >= 11 is 12.7. The number of rotatable bonds is 7. The predicted octanol–water partition coefficient (Wildman–Crippen LogP) is 5.73. The molecule has 0 radical (unpaired) electrons. The first-order valence-corrected chi connectivity index (χ1v) is 9.36. The van der Waals surface area contributed by atoms with Crippen LogP contribution >= 0.6 is 23.2 Å². The Kier molecular flexibility index (Phi) is 6.81. The molecule has 0 saturated carbocycles. The van der Waals surface area contributed by atoms with E-state index in [0.717, 1.165) is 22.0 Å². The number of aromatic nitrogens is 1. The Bertz CT molecular complexity index is 1050. The van der Waals surface area contributed by atoms with Crippen molar-refractivity contribution in [1.82, 2.24) is 4.98 Å². The third-order valence-corrected chi connectivity index (χ3v) is 4.95. The number of pyridine rings is 1. The fourth-order valence-corrected chi connectivity index (χ4v) is 3.39. The Morgan fingerprint density at radius 3 is 2.57 bits per heavy atom.